The number of alkyl halides is 1. The molecule has 3 aromatic rings. The van der Waals surface area contributed by atoms with Crippen molar-refractivity contribution in [2.45, 2.75) is 52.1 Å². The monoisotopic (exact) mass is 606 g/mol. The Hall–Kier alpha value is -2.96. The summed E-state index contributed by atoms with van der Waals surface area (Å²) in [5.41, 5.74) is 5.15. The van der Waals surface area contributed by atoms with Crippen LogP contribution >= 0.6 is 15.9 Å². The molecule has 0 radical (unpaired) electrons. The first kappa shape index (κ1) is 28.1. The van der Waals surface area contributed by atoms with Crippen molar-refractivity contribution >= 4 is 43.2 Å². The van der Waals surface area contributed by atoms with Gasteiger partial charge >= 0.3 is 16.3 Å². The van der Waals surface area contributed by atoms with Crippen LogP contribution in [0.2, 0.25) is 0 Å². The molecule has 4 rings (SSSR count). The molecular weight excluding hydrogens is 576 g/mol. The van der Waals surface area contributed by atoms with Gasteiger partial charge in [0.05, 0.1) is 18.5 Å². The van der Waals surface area contributed by atoms with Crippen LogP contribution in [0, 0.1) is 6.92 Å². The molecule has 0 saturated carbocycles. The van der Waals surface area contributed by atoms with Gasteiger partial charge in [0.15, 0.2) is 0 Å². The Labute approximate surface area is 230 Å². The van der Waals surface area contributed by atoms with Crippen molar-refractivity contribution in [3.8, 4) is 0 Å². The highest BCUT2D eigenvalue weighted by Gasteiger charge is 2.29. The van der Waals surface area contributed by atoms with Gasteiger partial charge in [-0.3, -0.25) is 4.79 Å². The smallest absolute Gasteiger partial charge is 0.388 e. The Morgan fingerprint density at radius 3 is 2.82 bits per heavy atom. The number of aliphatic hydroxyl groups is 1. The van der Waals surface area contributed by atoms with E-state index >= 15 is 0 Å². The Morgan fingerprint density at radius 2 is 2.08 bits per heavy atom. The van der Waals surface area contributed by atoms with Gasteiger partial charge in [-0.1, -0.05) is 51.5 Å². The van der Waals surface area contributed by atoms with Crippen LogP contribution in [-0.4, -0.2) is 57.3 Å². The Balaban J connectivity index is 1.68. The molecule has 2 heterocycles. The van der Waals surface area contributed by atoms with E-state index in [1.165, 1.54) is 6.08 Å². The number of aromatic nitrogens is 3. The second-order valence-corrected chi connectivity index (χ2v) is 11.4. The van der Waals surface area contributed by atoms with Crippen molar-refractivity contribution in [3.05, 3.63) is 70.7 Å². The number of ether oxygens (including phenoxy) is 1. The molecule has 2 aromatic carbocycles. The highest BCUT2D eigenvalue weighted by Crippen LogP contribution is 2.34. The van der Waals surface area contributed by atoms with Crippen LogP contribution < -0.4 is 0 Å². The third-order valence-corrected chi connectivity index (χ3v) is 8.33. The second kappa shape index (κ2) is 12.3. The van der Waals surface area contributed by atoms with E-state index in [2.05, 4.69) is 30.4 Å². The number of hydrogen-bond donors (Lipinski definition) is 1. The van der Waals surface area contributed by atoms with Crippen LogP contribution in [-0.2, 0) is 37.1 Å². The van der Waals surface area contributed by atoms with Crippen LogP contribution in [0.1, 0.15) is 54.4 Å². The summed E-state index contributed by atoms with van der Waals surface area (Å²) in [6.45, 7) is 4.84. The van der Waals surface area contributed by atoms with Crippen molar-refractivity contribution in [2.24, 2.45) is 0 Å². The van der Waals surface area contributed by atoms with Gasteiger partial charge in [-0.2, -0.15) is 12.7 Å². The van der Waals surface area contributed by atoms with Gasteiger partial charge in [0.25, 0.3) is 5.95 Å². The molecule has 0 spiro atoms. The number of hydrogen-bond acceptors (Lipinski definition) is 8. The highest BCUT2D eigenvalue weighted by molar-refractivity contribution is 9.09. The molecule has 0 fully saturated rings. The summed E-state index contributed by atoms with van der Waals surface area (Å²) in [5, 5.41) is 19.2. The van der Waals surface area contributed by atoms with Crippen LogP contribution in [0.25, 0.3) is 11.0 Å². The van der Waals surface area contributed by atoms with Crippen molar-refractivity contribution in [3.63, 3.8) is 0 Å². The molecule has 1 unspecified atom stereocenters. The minimum absolute atomic E-state index is 0.00821. The number of carbonyl (C=O) groups excluding carboxylic acids is 1. The number of aryl methyl sites for hydroxylation is 2. The van der Waals surface area contributed by atoms with Gasteiger partial charge in [-0.05, 0) is 55.0 Å². The molecule has 38 heavy (non-hydrogen) atoms. The Kier molecular flexibility index (Phi) is 9.06. The number of esters is 1. The number of rotatable bonds is 11. The summed E-state index contributed by atoms with van der Waals surface area (Å²) in [6.07, 6.45) is 3.43. The Morgan fingerprint density at radius 1 is 1.26 bits per heavy atom. The van der Waals surface area contributed by atoms with Crippen molar-refractivity contribution in [1.82, 2.24) is 19.3 Å². The predicted octanol–water partition coefficient (Wildman–Crippen LogP) is 4.48. The largest absolute Gasteiger partial charge is 0.480 e. The lowest BCUT2D eigenvalue weighted by molar-refractivity contribution is -0.143. The third-order valence-electron chi connectivity index (χ3n) is 6.48. The first-order valence-corrected chi connectivity index (χ1v) is 14.9. The summed E-state index contributed by atoms with van der Waals surface area (Å²) in [7, 11) is -4.10. The van der Waals surface area contributed by atoms with E-state index in [9.17, 15) is 18.3 Å². The minimum Gasteiger partial charge on any atom is -0.480 e. The molecule has 1 N–H and O–H groups in total. The summed E-state index contributed by atoms with van der Waals surface area (Å²) in [6, 6.07) is 11.5. The van der Waals surface area contributed by atoms with Crippen LogP contribution in [0.3, 0.4) is 0 Å². The molecule has 1 aliphatic rings. The molecule has 0 bridgehead atoms. The zero-order valence-electron chi connectivity index (χ0n) is 21.3. The Bertz CT molecular complexity index is 1440. The molecule has 204 valence electrons. The molecule has 0 aliphatic carbocycles. The van der Waals surface area contributed by atoms with Gasteiger partial charge < -0.3 is 14.0 Å². The van der Waals surface area contributed by atoms with Crippen molar-refractivity contribution < 1.29 is 27.2 Å². The normalized spacial score (nSPS) is 16.1. The first-order valence-electron chi connectivity index (χ1n) is 12.4. The van der Waals surface area contributed by atoms with Gasteiger partial charge in [-0.25, -0.2) is 4.68 Å². The molecule has 0 saturated heterocycles. The fourth-order valence-electron chi connectivity index (χ4n) is 4.60. The maximum atomic E-state index is 12.7. The third kappa shape index (κ3) is 6.36. The summed E-state index contributed by atoms with van der Waals surface area (Å²) < 4.78 is 37.6. The SMILES string of the molecule is CCOC(=O)CC(c1cccc(CN2CC=C(O)OS2(=O)=O)c1)c1ccc2c(nnn2CCCCBr)c1C. The molecule has 1 atom stereocenters. The lowest BCUT2D eigenvalue weighted by atomic mass is 9.85. The standard InChI is InChI=1S/C26H31BrN4O6S/c1-3-36-25(33)16-22(21-9-10-23-26(18(21)2)28-29-31(23)13-5-4-12-27)20-8-6-7-19(15-20)17-30-14-11-24(32)37-38(30,34)35/h6-11,15,22,32H,3-5,12-14,16-17H2,1-2H3. The minimum atomic E-state index is -4.10. The van der Waals surface area contributed by atoms with Gasteiger partial charge in [0.2, 0.25) is 0 Å². The topological polar surface area (TPSA) is 124 Å². The maximum absolute atomic E-state index is 12.7. The molecule has 1 aliphatic heterocycles. The maximum Gasteiger partial charge on any atom is 0.388 e. The van der Waals surface area contributed by atoms with Gasteiger partial charge in [0, 0.05) is 37.0 Å². The molecule has 12 heteroatoms. The molecule has 1 aromatic heterocycles. The van der Waals surface area contributed by atoms with Crippen LogP contribution in [0.5, 0.6) is 0 Å². The highest BCUT2D eigenvalue weighted by atomic mass is 79.9. The predicted molar refractivity (Wildman–Crippen MR) is 146 cm³/mol. The summed E-state index contributed by atoms with van der Waals surface area (Å²) in [4.78, 5) is 12.7. The van der Waals surface area contributed by atoms with Gasteiger partial charge in [0.1, 0.15) is 5.52 Å². The van der Waals surface area contributed by atoms with E-state index in [-0.39, 0.29) is 38.0 Å². The fraction of sp³-hybridized carbons (Fsp3) is 0.423. The van der Waals surface area contributed by atoms with E-state index in [4.69, 9.17) is 4.74 Å². The zero-order valence-corrected chi connectivity index (χ0v) is 23.7. The van der Waals surface area contributed by atoms with Crippen LogP contribution in [0.15, 0.2) is 48.4 Å². The average Bonchev–Trinajstić information content (AvgIpc) is 3.29. The van der Waals surface area contributed by atoms with Gasteiger partial charge in [-0.15, -0.1) is 5.10 Å². The summed E-state index contributed by atoms with van der Waals surface area (Å²) in [5.74, 6) is -1.29. The number of halogens is 1. The zero-order chi connectivity index (χ0) is 27.3. The van der Waals surface area contributed by atoms with Crippen LogP contribution in [0.4, 0.5) is 0 Å². The van der Waals surface area contributed by atoms with E-state index in [0.29, 0.717) is 0 Å². The number of aliphatic hydroxyl groups excluding tert-OH is 1. The van der Waals surface area contributed by atoms with Crippen molar-refractivity contribution in [2.75, 3.05) is 18.5 Å². The van der Waals surface area contributed by atoms with E-state index in [0.717, 1.165) is 62.3 Å². The average molecular weight is 608 g/mol. The lowest BCUT2D eigenvalue weighted by Gasteiger charge is -2.24. The summed E-state index contributed by atoms with van der Waals surface area (Å²) >= 11 is 3.46. The number of nitrogens with zero attached hydrogens (tertiary/aromatic N) is 4. The fourth-order valence-corrected chi connectivity index (χ4v) is 5.95. The number of benzene rings is 2. The van der Waals surface area contributed by atoms with Crippen molar-refractivity contribution in [1.29, 1.82) is 0 Å². The number of carbonyl (C=O) groups is 1. The number of unbranched alkanes of at least 4 members (excludes halogenated alkanes) is 1. The molecule has 0 amide bonds. The lowest BCUT2D eigenvalue weighted by Crippen LogP contribution is -2.35. The van der Waals surface area contributed by atoms with E-state index < -0.39 is 16.2 Å². The first-order chi connectivity index (χ1) is 18.2. The molecular formula is C26H31BrN4O6S. The quantitative estimate of drug-likeness (QED) is 0.192. The molecule has 10 nitrogen and oxygen atoms in total. The van der Waals surface area contributed by atoms with E-state index in [1.807, 2.05) is 48.0 Å². The number of fused-ring (bicyclic) bond motifs is 1. The van der Waals surface area contributed by atoms with E-state index in [1.54, 1.807) is 6.92 Å². The second-order valence-electron chi connectivity index (χ2n) is 9.04.